The monoisotopic (exact) mass is 365 g/mol. The number of carbonyl (C=O) groups is 1. The lowest BCUT2D eigenvalue weighted by Crippen LogP contribution is -2.24. The van der Waals surface area contributed by atoms with Crippen molar-refractivity contribution in [2.24, 2.45) is 5.92 Å². The summed E-state index contributed by atoms with van der Waals surface area (Å²) in [5.41, 5.74) is 0.184. The SMILES string of the molecule is N#C/C=C/C=C/[C@H]1CC[C@H](OC(=O)c2ccc(OC(F)(F)F)cc2)CC1. The normalized spacial score (nSPS) is 20.8. The van der Waals surface area contributed by atoms with Crippen LogP contribution in [0.4, 0.5) is 13.2 Å². The van der Waals surface area contributed by atoms with E-state index in [1.807, 2.05) is 18.2 Å². The Morgan fingerprint density at radius 2 is 1.77 bits per heavy atom. The van der Waals surface area contributed by atoms with Gasteiger partial charge in [-0.2, -0.15) is 5.26 Å². The predicted molar refractivity (Wildman–Crippen MR) is 88.2 cm³/mol. The number of benzene rings is 1. The molecule has 1 aliphatic carbocycles. The zero-order valence-electron chi connectivity index (χ0n) is 13.9. The van der Waals surface area contributed by atoms with Crippen molar-refractivity contribution in [2.45, 2.75) is 38.1 Å². The Bertz CT molecular complexity index is 694. The average molecular weight is 365 g/mol. The maximum Gasteiger partial charge on any atom is 0.573 e. The van der Waals surface area contributed by atoms with Gasteiger partial charge in [0.2, 0.25) is 0 Å². The fourth-order valence-electron chi connectivity index (χ4n) is 2.73. The van der Waals surface area contributed by atoms with Gasteiger partial charge in [-0.3, -0.25) is 0 Å². The molecule has 1 aromatic rings. The van der Waals surface area contributed by atoms with Crippen LogP contribution in [-0.2, 0) is 4.74 Å². The third-order valence-electron chi connectivity index (χ3n) is 3.98. The smallest absolute Gasteiger partial charge is 0.459 e. The van der Waals surface area contributed by atoms with Gasteiger partial charge in [-0.05, 0) is 55.9 Å². The van der Waals surface area contributed by atoms with E-state index in [4.69, 9.17) is 10.00 Å². The van der Waals surface area contributed by atoms with E-state index in [0.29, 0.717) is 5.92 Å². The van der Waals surface area contributed by atoms with E-state index in [-0.39, 0.29) is 17.4 Å². The second-order valence-electron chi connectivity index (χ2n) is 5.89. The van der Waals surface area contributed by atoms with Crippen molar-refractivity contribution < 1.29 is 27.4 Å². The Hall–Kier alpha value is -2.75. The molecule has 0 saturated heterocycles. The number of hydrogen-bond donors (Lipinski definition) is 0. The van der Waals surface area contributed by atoms with Gasteiger partial charge >= 0.3 is 12.3 Å². The van der Waals surface area contributed by atoms with Gasteiger partial charge in [-0.15, -0.1) is 13.2 Å². The molecule has 1 fully saturated rings. The Labute approximate surface area is 149 Å². The number of halogens is 3. The summed E-state index contributed by atoms with van der Waals surface area (Å²) in [7, 11) is 0. The Balaban J connectivity index is 1.81. The first-order valence-electron chi connectivity index (χ1n) is 8.17. The molecule has 0 atom stereocenters. The van der Waals surface area contributed by atoms with E-state index in [1.54, 1.807) is 6.08 Å². The van der Waals surface area contributed by atoms with E-state index < -0.39 is 12.3 Å². The van der Waals surface area contributed by atoms with Gasteiger partial charge in [0, 0.05) is 6.08 Å². The summed E-state index contributed by atoms with van der Waals surface area (Å²) in [5.74, 6) is -0.557. The van der Waals surface area contributed by atoms with Crippen LogP contribution in [0, 0.1) is 17.2 Å². The minimum absolute atomic E-state index is 0.184. The molecule has 7 heteroatoms. The minimum atomic E-state index is -4.76. The number of nitriles is 1. The van der Waals surface area contributed by atoms with Gasteiger partial charge in [0.25, 0.3) is 0 Å². The maximum atomic E-state index is 12.1. The van der Waals surface area contributed by atoms with Gasteiger partial charge in [-0.25, -0.2) is 4.79 Å². The third kappa shape index (κ3) is 6.63. The van der Waals surface area contributed by atoms with E-state index in [1.165, 1.54) is 18.2 Å². The molecular weight excluding hydrogens is 347 g/mol. The number of nitrogens with zero attached hydrogens (tertiary/aromatic N) is 1. The fraction of sp³-hybridized carbons (Fsp3) is 0.368. The first-order valence-corrected chi connectivity index (χ1v) is 8.17. The molecule has 0 aromatic heterocycles. The number of alkyl halides is 3. The van der Waals surface area contributed by atoms with E-state index in [0.717, 1.165) is 37.8 Å². The quantitative estimate of drug-likeness (QED) is 0.421. The molecule has 0 bridgehead atoms. The molecule has 1 aliphatic rings. The zero-order valence-corrected chi connectivity index (χ0v) is 13.9. The molecule has 4 nitrogen and oxygen atoms in total. The summed E-state index contributed by atoms with van der Waals surface area (Å²) >= 11 is 0. The van der Waals surface area contributed by atoms with Gasteiger partial charge in [0.05, 0.1) is 11.6 Å². The van der Waals surface area contributed by atoms with Crippen molar-refractivity contribution in [3.05, 3.63) is 54.1 Å². The molecule has 0 N–H and O–H groups in total. The van der Waals surface area contributed by atoms with Crippen LogP contribution in [0.25, 0.3) is 0 Å². The summed E-state index contributed by atoms with van der Waals surface area (Å²) in [6.07, 6.45) is 5.16. The first-order chi connectivity index (χ1) is 12.4. The molecule has 2 rings (SSSR count). The lowest BCUT2D eigenvalue weighted by atomic mass is 9.87. The lowest BCUT2D eigenvalue weighted by Gasteiger charge is -2.26. The highest BCUT2D eigenvalue weighted by atomic mass is 19.4. The Morgan fingerprint density at radius 1 is 1.12 bits per heavy atom. The van der Waals surface area contributed by atoms with Crippen LogP contribution in [0.2, 0.25) is 0 Å². The van der Waals surface area contributed by atoms with Crippen LogP contribution in [-0.4, -0.2) is 18.4 Å². The minimum Gasteiger partial charge on any atom is -0.459 e. The number of esters is 1. The van der Waals surface area contributed by atoms with Crippen molar-refractivity contribution in [3.8, 4) is 11.8 Å². The first kappa shape index (κ1) is 19.6. The topological polar surface area (TPSA) is 59.3 Å². The molecule has 0 spiro atoms. The second kappa shape index (κ2) is 9.09. The van der Waals surface area contributed by atoms with Crippen molar-refractivity contribution >= 4 is 5.97 Å². The van der Waals surface area contributed by atoms with Crippen molar-refractivity contribution in [1.29, 1.82) is 5.26 Å². The van der Waals surface area contributed by atoms with E-state index >= 15 is 0 Å². The number of hydrogen-bond acceptors (Lipinski definition) is 4. The summed E-state index contributed by atoms with van der Waals surface area (Å²) in [5, 5.41) is 8.40. The molecule has 0 aliphatic heterocycles. The summed E-state index contributed by atoms with van der Waals surface area (Å²) in [6, 6.07) is 6.58. The van der Waals surface area contributed by atoms with Crippen LogP contribution in [0.3, 0.4) is 0 Å². The molecule has 0 unspecified atom stereocenters. The Kier molecular flexibility index (Phi) is 6.84. The summed E-state index contributed by atoms with van der Waals surface area (Å²) in [6.45, 7) is 0. The van der Waals surface area contributed by atoms with Crippen molar-refractivity contribution in [3.63, 3.8) is 0 Å². The summed E-state index contributed by atoms with van der Waals surface area (Å²) < 4.78 is 45.6. The molecule has 26 heavy (non-hydrogen) atoms. The zero-order chi connectivity index (χ0) is 19.0. The average Bonchev–Trinajstić information content (AvgIpc) is 2.59. The second-order valence-corrected chi connectivity index (χ2v) is 5.89. The molecule has 0 heterocycles. The highest BCUT2D eigenvalue weighted by molar-refractivity contribution is 5.89. The number of allylic oxidation sites excluding steroid dienone is 4. The van der Waals surface area contributed by atoms with Gasteiger partial charge in [0.1, 0.15) is 11.9 Å². The Morgan fingerprint density at radius 3 is 2.35 bits per heavy atom. The number of rotatable bonds is 5. The highest BCUT2D eigenvalue weighted by Gasteiger charge is 2.31. The number of ether oxygens (including phenoxy) is 2. The third-order valence-corrected chi connectivity index (χ3v) is 3.98. The number of carbonyl (C=O) groups excluding carboxylic acids is 1. The molecule has 0 radical (unpaired) electrons. The van der Waals surface area contributed by atoms with Crippen LogP contribution in [0.5, 0.6) is 5.75 Å². The molecule has 1 aromatic carbocycles. The van der Waals surface area contributed by atoms with Crippen LogP contribution >= 0.6 is 0 Å². The highest BCUT2D eigenvalue weighted by Crippen LogP contribution is 2.28. The summed E-state index contributed by atoms with van der Waals surface area (Å²) in [4.78, 5) is 12.1. The standard InChI is InChI=1S/C19H18F3NO3/c20-19(21,22)26-17-11-7-15(8-12-17)18(24)25-16-9-5-14(6-10-16)4-2-1-3-13-23/h1-4,7-8,11-12,14,16H,5-6,9-10H2/b3-1+,4-2+/t14-,16-. The van der Waals surface area contributed by atoms with E-state index in [9.17, 15) is 18.0 Å². The van der Waals surface area contributed by atoms with Crippen LogP contribution in [0.1, 0.15) is 36.0 Å². The van der Waals surface area contributed by atoms with Gasteiger partial charge < -0.3 is 9.47 Å². The molecule has 1 saturated carbocycles. The largest absolute Gasteiger partial charge is 0.573 e. The predicted octanol–water partition coefficient (Wildman–Crippen LogP) is 4.94. The van der Waals surface area contributed by atoms with Crippen molar-refractivity contribution in [1.82, 2.24) is 0 Å². The van der Waals surface area contributed by atoms with Crippen LogP contribution in [0.15, 0.2) is 48.6 Å². The fourth-order valence-corrected chi connectivity index (χ4v) is 2.73. The lowest BCUT2D eigenvalue weighted by molar-refractivity contribution is -0.274. The molecule has 138 valence electrons. The molecular formula is C19H18F3NO3. The van der Waals surface area contributed by atoms with Crippen LogP contribution < -0.4 is 4.74 Å². The maximum absolute atomic E-state index is 12.1. The molecule has 0 amide bonds. The van der Waals surface area contributed by atoms with E-state index in [2.05, 4.69) is 4.74 Å². The van der Waals surface area contributed by atoms with Crippen molar-refractivity contribution in [2.75, 3.05) is 0 Å². The van der Waals surface area contributed by atoms with Gasteiger partial charge in [0.15, 0.2) is 0 Å². The van der Waals surface area contributed by atoms with Gasteiger partial charge in [-0.1, -0.05) is 18.2 Å².